The molecule has 5 nitrogen and oxygen atoms in total. The molecule has 1 fully saturated rings. The lowest BCUT2D eigenvalue weighted by Gasteiger charge is -2.21. The summed E-state index contributed by atoms with van der Waals surface area (Å²) in [6.45, 7) is 10.1. The van der Waals surface area contributed by atoms with E-state index < -0.39 is 11.5 Å². The predicted octanol–water partition coefficient (Wildman–Crippen LogP) is 1.99. The van der Waals surface area contributed by atoms with Gasteiger partial charge in [-0.2, -0.15) is 0 Å². The minimum absolute atomic E-state index is 0.221. The second kappa shape index (κ2) is 8.53. The predicted molar refractivity (Wildman–Crippen MR) is 79.8 cm³/mol. The molecule has 0 bridgehead atoms. The molecule has 0 spiro atoms. The summed E-state index contributed by atoms with van der Waals surface area (Å²) in [7, 11) is 0. The summed E-state index contributed by atoms with van der Waals surface area (Å²) in [6.07, 6.45) is 5.80. The van der Waals surface area contributed by atoms with Crippen LogP contribution in [0.3, 0.4) is 0 Å². The number of nitrogens with zero attached hydrogens (tertiary/aromatic N) is 1. The van der Waals surface area contributed by atoms with Gasteiger partial charge in [0.05, 0.1) is 6.61 Å². The van der Waals surface area contributed by atoms with Gasteiger partial charge in [0.15, 0.2) is 5.54 Å². The Morgan fingerprint density at radius 1 is 1.50 bits per heavy atom. The van der Waals surface area contributed by atoms with E-state index in [0.717, 1.165) is 5.70 Å². The molecule has 0 saturated carbocycles. The highest BCUT2D eigenvalue weighted by molar-refractivity contribution is 6.09. The van der Waals surface area contributed by atoms with E-state index in [0.29, 0.717) is 6.54 Å². The Hall–Kier alpha value is -1.62. The van der Waals surface area contributed by atoms with Crippen LogP contribution in [0.1, 0.15) is 41.0 Å². The van der Waals surface area contributed by atoms with Gasteiger partial charge in [0.2, 0.25) is 0 Å². The highest BCUT2D eigenvalue weighted by Gasteiger charge is 2.51. The Balaban J connectivity index is 0.00000172. The van der Waals surface area contributed by atoms with Crippen molar-refractivity contribution in [2.24, 2.45) is 5.73 Å². The number of allylic oxidation sites excluding steroid dienone is 4. The second-order valence-electron chi connectivity index (χ2n) is 4.23. The first-order chi connectivity index (χ1) is 9.47. The molecule has 0 aromatic rings. The monoisotopic (exact) mass is 282 g/mol. The fraction of sp³-hybridized carbons (Fsp3) is 0.600. The van der Waals surface area contributed by atoms with Crippen LogP contribution in [0.2, 0.25) is 0 Å². The second-order valence-corrected chi connectivity index (χ2v) is 4.23. The van der Waals surface area contributed by atoms with Gasteiger partial charge in [-0.1, -0.05) is 26.0 Å². The van der Waals surface area contributed by atoms with Gasteiger partial charge < -0.3 is 15.4 Å². The smallest absolute Gasteiger partial charge is 0.336 e. The molecule has 114 valence electrons. The van der Waals surface area contributed by atoms with Crippen LogP contribution in [0.15, 0.2) is 23.9 Å². The van der Waals surface area contributed by atoms with Crippen molar-refractivity contribution < 1.29 is 14.3 Å². The summed E-state index contributed by atoms with van der Waals surface area (Å²) in [6, 6.07) is 0. The quantitative estimate of drug-likeness (QED) is 0.486. The number of rotatable bonds is 4. The van der Waals surface area contributed by atoms with E-state index in [4.69, 9.17) is 10.5 Å². The van der Waals surface area contributed by atoms with E-state index in [1.165, 1.54) is 4.90 Å². The Kier molecular flexibility index (Phi) is 7.84. The Bertz CT molecular complexity index is 402. The van der Waals surface area contributed by atoms with E-state index in [2.05, 4.69) is 0 Å². The molecule has 1 aliphatic rings. The first-order valence-electron chi connectivity index (χ1n) is 7.05. The number of esters is 1. The molecule has 20 heavy (non-hydrogen) atoms. The number of amides is 1. The summed E-state index contributed by atoms with van der Waals surface area (Å²) >= 11 is 0. The van der Waals surface area contributed by atoms with Gasteiger partial charge >= 0.3 is 5.97 Å². The van der Waals surface area contributed by atoms with Crippen molar-refractivity contribution in [1.29, 1.82) is 0 Å². The minimum atomic E-state index is -1.53. The number of ether oxygens (including phenoxy) is 1. The number of carbonyl (C=O) groups excluding carboxylic acids is 2. The summed E-state index contributed by atoms with van der Waals surface area (Å²) in [4.78, 5) is 25.4. The Morgan fingerprint density at radius 3 is 2.60 bits per heavy atom. The SMILES string of the molecule is C/C=C\C=C(/C)N1CCC(N)(C(=O)OCC)C1=O.CC. The maximum Gasteiger partial charge on any atom is 0.336 e. The van der Waals surface area contributed by atoms with Crippen LogP contribution in [0.25, 0.3) is 0 Å². The molecule has 1 amide bonds. The van der Waals surface area contributed by atoms with Crippen LogP contribution in [-0.4, -0.2) is 35.5 Å². The molecule has 1 rings (SSSR count). The molecule has 2 N–H and O–H groups in total. The number of nitrogens with two attached hydrogens (primary N) is 1. The lowest BCUT2D eigenvalue weighted by molar-refractivity contribution is -0.154. The molecule has 1 aliphatic heterocycles. The van der Waals surface area contributed by atoms with Gasteiger partial charge in [-0.25, -0.2) is 4.79 Å². The van der Waals surface area contributed by atoms with Crippen molar-refractivity contribution in [1.82, 2.24) is 4.90 Å². The van der Waals surface area contributed by atoms with E-state index in [1.807, 2.05) is 45.9 Å². The average molecular weight is 282 g/mol. The molecule has 0 aromatic carbocycles. The van der Waals surface area contributed by atoms with Gasteiger partial charge in [0.25, 0.3) is 5.91 Å². The molecule has 0 aromatic heterocycles. The van der Waals surface area contributed by atoms with E-state index in [1.54, 1.807) is 6.92 Å². The minimum Gasteiger partial charge on any atom is -0.464 e. The number of carbonyl (C=O) groups is 2. The Labute approximate surface area is 121 Å². The maximum atomic E-state index is 12.2. The lowest BCUT2D eigenvalue weighted by Crippen LogP contribution is -2.55. The highest BCUT2D eigenvalue weighted by Crippen LogP contribution is 2.25. The van der Waals surface area contributed by atoms with Crippen molar-refractivity contribution in [2.45, 2.75) is 46.6 Å². The molecule has 5 heteroatoms. The number of likely N-dealkylation sites (tertiary alicyclic amines) is 1. The van der Waals surface area contributed by atoms with Crippen LogP contribution in [0.5, 0.6) is 0 Å². The summed E-state index contributed by atoms with van der Waals surface area (Å²) in [5.41, 5.74) is 5.12. The standard InChI is InChI=1S/C13H20N2O3.C2H6/c1-4-6-7-10(3)15-9-8-13(14,11(15)16)12(17)18-5-2;1-2/h4,6-7H,5,8-9,14H2,1-3H3;1-2H3/b6-4-,10-7+;. The van der Waals surface area contributed by atoms with Gasteiger partial charge in [-0.3, -0.25) is 4.79 Å². The third kappa shape index (κ3) is 3.93. The van der Waals surface area contributed by atoms with Gasteiger partial charge in [-0.15, -0.1) is 0 Å². The van der Waals surface area contributed by atoms with Crippen LogP contribution in [-0.2, 0) is 14.3 Å². The van der Waals surface area contributed by atoms with Crippen molar-refractivity contribution in [3.63, 3.8) is 0 Å². The molecule has 1 saturated heterocycles. The normalized spacial score (nSPS) is 22.8. The van der Waals surface area contributed by atoms with Crippen LogP contribution < -0.4 is 5.73 Å². The third-order valence-electron chi connectivity index (χ3n) is 2.95. The maximum absolute atomic E-state index is 12.2. The van der Waals surface area contributed by atoms with E-state index >= 15 is 0 Å². The molecular weight excluding hydrogens is 256 g/mol. The molecule has 1 heterocycles. The van der Waals surface area contributed by atoms with Crippen molar-refractivity contribution >= 4 is 11.9 Å². The van der Waals surface area contributed by atoms with Crippen molar-refractivity contribution in [3.8, 4) is 0 Å². The molecule has 0 radical (unpaired) electrons. The van der Waals surface area contributed by atoms with Crippen LogP contribution in [0.4, 0.5) is 0 Å². The summed E-state index contributed by atoms with van der Waals surface area (Å²) < 4.78 is 4.86. The van der Waals surface area contributed by atoms with E-state index in [-0.39, 0.29) is 18.9 Å². The highest BCUT2D eigenvalue weighted by atomic mass is 16.5. The van der Waals surface area contributed by atoms with Crippen LogP contribution in [0, 0.1) is 0 Å². The van der Waals surface area contributed by atoms with Gasteiger partial charge in [-0.05, 0) is 26.8 Å². The third-order valence-corrected chi connectivity index (χ3v) is 2.95. The zero-order valence-electron chi connectivity index (χ0n) is 13.1. The van der Waals surface area contributed by atoms with Crippen molar-refractivity contribution in [2.75, 3.05) is 13.2 Å². The van der Waals surface area contributed by atoms with Crippen LogP contribution >= 0.6 is 0 Å². The first kappa shape index (κ1) is 18.4. The molecule has 1 atom stereocenters. The zero-order chi connectivity index (χ0) is 15.8. The zero-order valence-corrected chi connectivity index (χ0v) is 13.1. The average Bonchev–Trinajstić information content (AvgIpc) is 2.76. The first-order valence-corrected chi connectivity index (χ1v) is 7.05. The number of hydrogen-bond acceptors (Lipinski definition) is 4. The number of hydrogen-bond donors (Lipinski definition) is 1. The molecular formula is C15H26N2O3. The van der Waals surface area contributed by atoms with Gasteiger partial charge in [0, 0.05) is 18.7 Å². The fourth-order valence-electron chi connectivity index (χ4n) is 1.85. The largest absolute Gasteiger partial charge is 0.464 e. The summed E-state index contributed by atoms with van der Waals surface area (Å²) in [5, 5.41) is 0. The summed E-state index contributed by atoms with van der Waals surface area (Å²) in [5.74, 6) is -1.03. The lowest BCUT2D eigenvalue weighted by atomic mass is 10.00. The molecule has 0 aliphatic carbocycles. The Morgan fingerprint density at radius 2 is 2.10 bits per heavy atom. The van der Waals surface area contributed by atoms with Crippen molar-refractivity contribution in [3.05, 3.63) is 23.9 Å². The molecule has 1 unspecified atom stereocenters. The fourth-order valence-corrected chi connectivity index (χ4v) is 1.85. The van der Waals surface area contributed by atoms with E-state index in [9.17, 15) is 9.59 Å². The van der Waals surface area contributed by atoms with Gasteiger partial charge in [0.1, 0.15) is 0 Å². The topological polar surface area (TPSA) is 72.6 Å².